The molecule has 1 fully saturated rings. The molecule has 0 aromatic heterocycles. The van der Waals surface area contributed by atoms with Gasteiger partial charge in [0.1, 0.15) is 0 Å². The molecule has 5 heteroatoms. The van der Waals surface area contributed by atoms with Crippen molar-refractivity contribution in [1.29, 1.82) is 0 Å². The van der Waals surface area contributed by atoms with E-state index < -0.39 is 0 Å². The van der Waals surface area contributed by atoms with Crippen LogP contribution in [0.3, 0.4) is 0 Å². The number of hydrogen-bond donors (Lipinski definition) is 1. The Morgan fingerprint density at radius 2 is 2.17 bits per heavy atom. The van der Waals surface area contributed by atoms with Gasteiger partial charge in [0.05, 0.1) is 6.54 Å². The Kier molecular flexibility index (Phi) is 4.09. The molecule has 1 saturated heterocycles. The van der Waals surface area contributed by atoms with Crippen molar-refractivity contribution in [3.05, 3.63) is 28.8 Å². The number of amides is 1. The fourth-order valence-corrected chi connectivity index (χ4v) is 2.30. The molecule has 0 spiro atoms. The quantitative estimate of drug-likeness (QED) is 0.898. The van der Waals surface area contributed by atoms with Gasteiger partial charge in [0.2, 0.25) is 5.91 Å². The molecule has 2 rings (SSSR count). The second-order valence-electron chi connectivity index (χ2n) is 4.54. The third kappa shape index (κ3) is 2.76. The van der Waals surface area contributed by atoms with Crippen LogP contribution in [0.15, 0.2) is 18.2 Å². The van der Waals surface area contributed by atoms with Gasteiger partial charge in [-0.05, 0) is 24.7 Å². The fourth-order valence-electron chi connectivity index (χ4n) is 2.14. The molecule has 1 heterocycles. The topological polar surface area (TPSA) is 35.6 Å². The number of likely N-dealkylation sites (N-methyl/N-ethyl adjacent to an activating group) is 1. The molecule has 0 unspecified atom stereocenters. The number of anilines is 1. The van der Waals surface area contributed by atoms with Gasteiger partial charge in [-0.15, -0.1) is 0 Å². The molecule has 1 aliphatic heterocycles. The molecular formula is C13H18ClN3O. The molecule has 0 radical (unpaired) electrons. The van der Waals surface area contributed by atoms with Gasteiger partial charge >= 0.3 is 0 Å². The third-order valence-electron chi connectivity index (χ3n) is 3.21. The summed E-state index contributed by atoms with van der Waals surface area (Å²) in [6, 6.07) is 5.83. The lowest BCUT2D eigenvalue weighted by molar-refractivity contribution is -0.129. The van der Waals surface area contributed by atoms with Crippen molar-refractivity contribution >= 4 is 23.2 Å². The van der Waals surface area contributed by atoms with Gasteiger partial charge in [0.15, 0.2) is 0 Å². The number of halogens is 1. The first kappa shape index (κ1) is 13.2. The minimum atomic E-state index is 0.150. The number of carbonyl (C=O) groups excluding carboxylic acids is 1. The summed E-state index contributed by atoms with van der Waals surface area (Å²) in [4.78, 5) is 15.6. The maximum atomic E-state index is 11.8. The van der Waals surface area contributed by atoms with Crippen LogP contribution in [0.5, 0.6) is 0 Å². The predicted molar refractivity (Wildman–Crippen MR) is 74.1 cm³/mol. The molecular weight excluding hydrogens is 250 g/mol. The number of carbonyl (C=O) groups is 1. The minimum Gasteiger partial charge on any atom is -0.360 e. The zero-order valence-electron chi connectivity index (χ0n) is 10.7. The van der Waals surface area contributed by atoms with E-state index in [-0.39, 0.29) is 5.91 Å². The van der Waals surface area contributed by atoms with Crippen LogP contribution in [0.4, 0.5) is 5.69 Å². The van der Waals surface area contributed by atoms with Crippen LogP contribution in [0.1, 0.15) is 5.56 Å². The molecule has 98 valence electrons. The van der Waals surface area contributed by atoms with E-state index in [1.165, 1.54) is 5.56 Å². The highest BCUT2D eigenvalue weighted by Crippen LogP contribution is 2.26. The van der Waals surface area contributed by atoms with Crippen LogP contribution < -0.4 is 10.2 Å². The Hall–Kier alpha value is -1.26. The summed E-state index contributed by atoms with van der Waals surface area (Å²) in [6.45, 7) is 2.80. The standard InChI is InChI=1S/C13H18ClN3O/c1-15-8-10-3-4-11(14)7-12(10)17-6-5-16(2)13(18)9-17/h3-4,7,15H,5-6,8-9H2,1-2H3. The third-order valence-corrected chi connectivity index (χ3v) is 3.45. The Bertz CT molecular complexity index is 450. The molecule has 1 aromatic rings. The highest BCUT2D eigenvalue weighted by molar-refractivity contribution is 6.30. The minimum absolute atomic E-state index is 0.150. The van der Waals surface area contributed by atoms with Gasteiger partial charge in [0, 0.05) is 37.4 Å². The Balaban J connectivity index is 2.26. The monoisotopic (exact) mass is 267 g/mol. The number of hydrogen-bond acceptors (Lipinski definition) is 3. The zero-order chi connectivity index (χ0) is 13.1. The smallest absolute Gasteiger partial charge is 0.241 e. The first-order chi connectivity index (χ1) is 8.61. The van der Waals surface area contributed by atoms with Gasteiger partial charge in [-0.25, -0.2) is 0 Å². The first-order valence-corrected chi connectivity index (χ1v) is 6.41. The van der Waals surface area contributed by atoms with E-state index in [0.29, 0.717) is 11.6 Å². The Morgan fingerprint density at radius 1 is 1.39 bits per heavy atom. The van der Waals surface area contributed by atoms with Crippen LogP contribution in [0.2, 0.25) is 5.02 Å². The molecule has 1 aliphatic rings. The molecule has 18 heavy (non-hydrogen) atoms. The van der Waals surface area contributed by atoms with Crippen LogP contribution in [-0.2, 0) is 11.3 Å². The van der Waals surface area contributed by atoms with Crippen molar-refractivity contribution in [3.8, 4) is 0 Å². The van der Waals surface area contributed by atoms with E-state index in [4.69, 9.17) is 11.6 Å². The van der Waals surface area contributed by atoms with E-state index >= 15 is 0 Å². The number of nitrogens with zero attached hydrogens (tertiary/aromatic N) is 2. The molecule has 0 bridgehead atoms. The Labute approximate surface area is 113 Å². The van der Waals surface area contributed by atoms with Crippen molar-refractivity contribution in [2.45, 2.75) is 6.54 Å². The van der Waals surface area contributed by atoms with Crippen molar-refractivity contribution in [1.82, 2.24) is 10.2 Å². The predicted octanol–water partition coefficient (Wildman–Crippen LogP) is 1.34. The molecule has 0 saturated carbocycles. The van der Waals surface area contributed by atoms with Gasteiger partial charge in [0.25, 0.3) is 0 Å². The summed E-state index contributed by atoms with van der Waals surface area (Å²) in [5.74, 6) is 0.150. The number of benzene rings is 1. The van der Waals surface area contributed by atoms with E-state index in [1.54, 1.807) is 4.90 Å². The van der Waals surface area contributed by atoms with Crippen LogP contribution >= 0.6 is 11.6 Å². The van der Waals surface area contributed by atoms with Crippen molar-refractivity contribution in [2.75, 3.05) is 38.6 Å². The lowest BCUT2D eigenvalue weighted by Crippen LogP contribution is -2.48. The van der Waals surface area contributed by atoms with Gasteiger partial charge in [-0.1, -0.05) is 17.7 Å². The number of piperazine rings is 1. The van der Waals surface area contributed by atoms with E-state index in [1.807, 2.05) is 32.3 Å². The lowest BCUT2D eigenvalue weighted by atomic mass is 10.1. The first-order valence-electron chi connectivity index (χ1n) is 6.03. The molecule has 0 aliphatic carbocycles. The van der Waals surface area contributed by atoms with Crippen molar-refractivity contribution in [2.24, 2.45) is 0 Å². The van der Waals surface area contributed by atoms with Gasteiger partial charge < -0.3 is 15.1 Å². The molecule has 1 aromatic carbocycles. The molecule has 1 amide bonds. The maximum absolute atomic E-state index is 11.8. The molecule has 0 atom stereocenters. The normalized spacial score (nSPS) is 16.3. The zero-order valence-corrected chi connectivity index (χ0v) is 11.5. The number of rotatable bonds is 3. The molecule has 4 nitrogen and oxygen atoms in total. The maximum Gasteiger partial charge on any atom is 0.241 e. The highest BCUT2D eigenvalue weighted by Gasteiger charge is 2.22. The second kappa shape index (κ2) is 5.59. The summed E-state index contributed by atoms with van der Waals surface area (Å²) in [5.41, 5.74) is 2.22. The summed E-state index contributed by atoms with van der Waals surface area (Å²) < 4.78 is 0. The van der Waals surface area contributed by atoms with Crippen LogP contribution in [0, 0.1) is 0 Å². The lowest BCUT2D eigenvalue weighted by Gasteiger charge is -2.34. The average molecular weight is 268 g/mol. The van der Waals surface area contributed by atoms with Gasteiger partial charge in [-0.3, -0.25) is 4.79 Å². The molecule has 1 N–H and O–H groups in total. The average Bonchev–Trinajstić information content (AvgIpc) is 2.35. The van der Waals surface area contributed by atoms with Crippen molar-refractivity contribution in [3.63, 3.8) is 0 Å². The summed E-state index contributed by atoms with van der Waals surface area (Å²) >= 11 is 6.06. The highest BCUT2D eigenvalue weighted by atomic mass is 35.5. The summed E-state index contributed by atoms with van der Waals surface area (Å²) in [5, 5.41) is 3.84. The summed E-state index contributed by atoms with van der Waals surface area (Å²) in [7, 11) is 3.75. The van der Waals surface area contributed by atoms with Crippen molar-refractivity contribution < 1.29 is 4.79 Å². The second-order valence-corrected chi connectivity index (χ2v) is 4.98. The number of nitrogens with one attached hydrogen (secondary N) is 1. The van der Waals surface area contributed by atoms with E-state index in [2.05, 4.69) is 10.2 Å². The van der Waals surface area contributed by atoms with E-state index in [9.17, 15) is 4.79 Å². The Morgan fingerprint density at radius 3 is 2.83 bits per heavy atom. The van der Waals surface area contributed by atoms with Crippen LogP contribution in [0.25, 0.3) is 0 Å². The fraction of sp³-hybridized carbons (Fsp3) is 0.462. The summed E-state index contributed by atoms with van der Waals surface area (Å²) in [6.07, 6.45) is 0. The van der Waals surface area contributed by atoms with Gasteiger partial charge in [-0.2, -0.15) is 0 Å². The van der Waals surface area contributed by atoms with Crippen LogP contribution in [-0.4, -0.2) is 44.5 Å². The van der Waals surface area contributed by atoms with E-state index in [0.717, 1.165) is 25.3 Å². The largest absolute Gasteiger partial charge is 0.360 e. The SMILES string of the molecule is CNCc1ccc(Cl)cc1N1CCN(C)C(=O)C1.